The van der Waals surface area contributed by atoms with Gasteiger partial charge in [0.2, 0.25) is 12.0 Å². The van der Waals surface area contributed by atoms with Gasteiger partial charge in [0, 0.05) is 5.56 Å². The maximum Gasteiger partial charge on any atom is 0.277 e. The van der Waals surface area contributed by atoms with Gasteiger partial charge in [0.15, 0.2) is 17.3 Å². The summed E-state index contributed by atoms with van der Waals surface area (Å²) in [6.07, 6.45) is -0.438. The summed E-state index contributed by atoms with van der Waals surface area (Å²) in [5, 5.41) is 12.7. The molecule has 5 rings (SSSR count). The molecule has 29 heavy (non-hydrogen) atoms. The van der Waals surface area contributed by atoms with Crippen molar-refractivity contribution in [3.05, 3.63) is 65.8 Å². The number of benzene rings is 2. The average molecular weight is 408 g/mol. The molecular weight excluding hydrogens is 392 g/mol. The van der Waals surface area contributed by atoms with Crippen molar-refractivity contribution in [3.63, 3.8) is 0 Å². The number of hydrogen-bond acceptors (Lipinski definition) is 9. The summed E-state index contributed by atoms with van der Waals surface area (Å²) in [5.74, 6) is 3.19. The van der Waals surface area contributed by atoms with Gasteiger partial charge in [-0.25, -0.2) is 0 Å². The molecule has 1 aliphatic rings. The van der Waals surface area contributed by atoms with E-state index in [0.717, 1.165) is 11.1 Å². The number of ether oxygens (including phenoxy) is 2. The van der Waals surface area contributed by atoms with E-state index in [1.165, 1.54) is 11.8 Å². The molecule has 1 unspecified atom stereocenters. The quantitative estimate of drug-likeness (QED) is 0.449. The van der Waals surface area contributed by atoms with Crippen LogP contribution in [-0.2, 0) is 5.75 Å². The van der Waals surface area contributed by atoms with E-state index >= 15 is 0 Å². The summed E-state index contributed by atoms with van der Waals surface area (Å²) in [7, 11) is 0. The molecule has 0 saturated carbocycles. The van der Waals surface area contributed by atoms with E-state index in [-0.39, 0.29) is 0 Å². The summed E-state index contributed by atoms with van der Waals surface area (Å²) < 4.78 is 22.7. The second kappa shape index (κ2) is 7.59. The number of aryl methyl sites for hydroxylation is 1. The van der Waals surface area contributed by atoms with E-state index in [2.05, 4.69) is 20.3 Å². The fourth-order valence-corrected chi connectivity index (χ4v) is 3.52. The van der Waals surface area contributed by atoms with Gasteiger partial charge in [-0.3, -0.25) is 0 Å². The monoisotopic (exact) mass is 408 g/mol. The first-order valence-corrected chi connectivity index (χ1v) is 9.98. The van der Waals surface area contributed by atoms with Gasteiger partial charge < -0.3 is 18.4 Å². The van der Waals surface area contributed by atoms with E-state index in [4.69, 9.17) is 18.4 Å². The predicted octanol–water partition coefficient (Wildman–Crippen LogP) is 4.23. The zero-order valence-corrected chi connectivity index (χ0v) is 16.3. The van der Waals surface area contributed by atoms with Crippen LogP contribution >= 0.6 is 11.8 Å². The van der Waals surface area contributed by atoms with Crippen LogP contribution in [0.4, 0.5) is 0 Å². The van der Waals surface area contributed by atoms with Gasteiger partial charge in [-0.15, -0.1) is 10.2 Å². The second-order valence-corrected chi connectivity index (χ2v) is 7.32. The SMILES string of the molecule is Cc1ccccc1-c1nnc(SCc2noc(C3COc4ccccc4O3)n2)o1. The Morgan fingerprint density at radius 3 is 2.76 bits per heavy atom. The minimum absolute atomic E-state index is 0.315. The minimum Gasteiger partial charge on any atom is -0.485 e. The highest BCUT2D eigenvalue weighted by Gasteiger charge is 2.27. The van der Waals surface area contributed by atoms with E-state index in [1.807, 2.05) is 55.5 Å². The van der Waals surface area contributed by atoms with Gasteiger partial charge in [-0.05, 0) is 30.7 Å². The van der Waals surface area contributed by atoms with Crippen LogP contribution < -0.4 is 9.47 Å². The molecular formula is C20H16N4O4S. The Morgan fingerprint density at radius 1 is 1.03 bits per heavy atom. The molecule has 0 spiro atoms. The molecule has 0 fully saturated rings. The Morgan fingerprint density at radius 2 is 1.86 bits per heavy atom. The van der Waals surface area contributed by atoms with Crippen LogP contribution in [0.1, 0.15) is 23.4 Å². The summed E-state index contributed by atoms with van der Waals surface area (Å²) >= 11 is 1.35. The van der Waals surface area contributed by atoms with Crippen molar-refractivity contribution >= 4 is 11.8 Å². The molecule has 0 bridgehead atoms. The molecule has 146 valence electrons. The maximum atomic E-state index is 5.89. The average Bonchev–Trinajstić information content (AvgIpc) is 3.42. The molecule has 0 aliphatic carbocycles. The van der Waals surface area contributed by atoms with Gasteiger partial charge in [0.25, 0.3) is 11.1 Å². The zero-order chi connectivity index (χ0) is 19.6. The molecule has 3 heterocycles. The van der Waals surface area contributed by atoms with Crippen molar-refractivity contribution in [2.24, 2.45) is 0 Å². The van der Waals surface area contributed by atoms with E-state index in [1.54, 1.807) is 0 Å². The van der Waals surface area contributed by atoms with Crippen molar-refractivity contribution in [2.45, 2.75) is 24.0 Å². The standard InChI is InChI=1S/C20H16N4O4S/c1-12-6-2-3-7-13(12)18-22-23-20(27-18)29-11-17-21-19(28-24-17)16-10-25-14-8-4-5-9-15(14)26-16/h2-9,16H,10-11H2,1H3. The molecule has 1 aliphatic heterocycles. The molecule has 0 amide bonds. The van der Waals surface area contributed by atoms with Crippen LogP contribution in [0.3, 0.4) is 0 Å². The summed E-state index contributed by atoms with van der Waals surface area (Å²) in [6.45, 7) is 2.32. The highest BCUT2D eigenvalue weighted by atomic mass is 32.2. The third kappa shape index (κ3) is 3.68. The molecule has 9 heteroatoms. The third-order valence-corrected chi connectivity index (χ3v) is 5.19. The number of aromatic nitrogens is 4. The molecule has 0 saturated heterocycles. The Hall–Kier alpha value is -3.33. The van der Waals surface area contributed by atoms with E-state index < -0.39 is 6.10 Å². The number of para-hydroxylation sites is 2. The summed E-state index contributed by atoms with van der Waals surface area (Å²) in [5.41, 5.74) is 2.00. The highest BCUT2D eigenvalue weighted by molar-refractivity contribution is 7.98. The van der Waals surface area contributed by atoms with Gasteiger partial charge in [-0.2, -0.15) is 4.98 Å². The Labute approximate surface area is 170 Å². The smallest absolute Gasteiger partial charge is 0.277 e. The molecule has 2 aromatic carbocycles. The molecule has 8 nitrogen and oxygen atoms in total. The number of rotatable bonds is 5. The van der Waals surface area contributed by atoms with Crippen LogP contribution in [0.25, 0.3) is 11.5 Å². The van der Waals surface area contributed by atoms with Crippen LogP contribution in [-0.4, -0.2) is 26.9 Å². The number of nitrogens with zero attached hydrogens (tertiary/aromatic N) is 4. The zero-order valence-electron chi connectivity index (χ0n) is 15.4. The minimum atomic E-state index is -0.438. The van der Waals surface area contributed by atoms with Gasteiger partial charge >= 0.3 is 0 Å². The van der Waals surface area contributed by atoms with Gasteiger partial charge in [0.1, 0.15) is 6.61 Å². The van der Waals surface area contributed by atoms with Crippen LogP contribution in [0.5, 0.6) is 11.5 Å². The van der Waals surface area contributed by atoms with Crippen LogP contribution in [0.2, 0.25) is 0 Å². The fraction of sp³-hybridized carbons (Fsp3) is 0.200. The Balaban J connectivity index is 1.23. The number of hydrogen-bond donors (Lipinski definition) is 0. The van der Waals surface area contributed by atoms with Crippen molar-refractivity contribution in [1.29, 1.82) is 0 Å². The number of thioether (sulfide) groups is 1. The first-order chi connectivity index (χ1) is 14.3. The lowest BCUT2D eigenvalue weighted by Gasteiger charge is -2.23. The van der Waals surface area contributed by atoms with Crippen LogP contribution in [0.15, 0.2) is 62.7 Å². The molecule has 0 N–H and O–H groups in total. The summed E-state index contributed by atoms with van der Waals surface area (Å²) in [6, 6.07) is 15.3. The van der Waals surface area contributed by atoms with Crippen molar-refractivity contribution in [1.82, 2.24) is 20.3 Å². The molecule has 2 aromatic heterocycles. The Kier molecular flexibility index (Phi) is 4.65. The fourth-order valence-electron chi connectivity index (χ4n) is 2.91. The maximum absolute atomic E-state index is 5.89. The highest BCUT2D eigenvalue weighted by Crippen LogP contribution is 2.35. The van der Waals surface area contributed by atoms with Crippen LogP contribution in [0, 0.1) is 6.92 Å². The topological polar surface area (TPSA) is 96.3 Å². The lowest BCUT2D eigenvalue weighted by molar-refractivity contribution is 0.0665. The second-order valence-electron chi connectivity index (χ2n) is 6.39. The lowest BCUT2D eigenvalue weighted by atomic mass is 10.1. The van der Waals surface area contributed by atoms with E-state index in [0.29, 0.717) is 46.7 Å². The van der Waals surface area contributed by atoms with E-state index in [9.17, 15) is 0 Å². The van der Waals surface area contributed by atoms with Gasteiger partial charge in [0.05, 0.1) is 5.75 Å². The third-order valence-electron chi connectivity index (χ3n) is 4.37. The molecule has 0 radical (unpaired) electrons. The molecule has 1 atom stereocenters. The predicted molar refractivity (Wildman–Crippen MR) is 104 cm³/mol. The summed E-state index contributed by atoms with van der Waals surface area (Å²) in [4.78, 5) is 4.41. The lowest BCUT2D eigenvalue weighted by Crippen LogP contribution is -2.21. The van der Waals surface area contributed by atoms with Crippen molar-refractivity contribution in [3.8, 4) is 23.0 Å². The normalized spacial score (nSPS) is 15.4. The Bertz CT molecular complexity index is 1140. The first-order valence-electron chi connectivity index (χ1n) is 8.99. The molecule has 4 aromatic rings. The van der Waals surface area contributed by atoms with Gasteiger partial charge in [-0.1, -0.05) is 47.3 Å². The van der Waals surface area contributed by atoms with Crippen molar-refractivity contribution in [2.75, 3.05) is 6.61 Å². The van der Waals surface area contributed by atoms with Crippen molar-refractivity contribution < 1.29 is 18.4 Å². The number of fused-ring (bicyclic) bond motifs is 1. The first kappa shape index (κ1) is 17.7. The largest absolute Gasteiger partial charge is 0.485 e.